The zero-order valence-corrected chi connectivity index (χ0v) is 17.9. The van der Waals surface area contributed by atoms with Gasteiger partial charge in [0.15, 0.2) is 0 Å². The Hall–Kier alpha value is -3.41. The average Bonchev–Trinajstić information content (AvgIpc) is 3.32. The van der Waals surface area contributed by atoms with Crippen LogP contribution in [0.2, 0.25) is 0 Å². The lowest BCUT2D eigenvalue weighted by Crippen LogP contribution is -2.28. The molecule has 160 valence electrons. The van der Waals surface area contributed by atoms with Crippen LogP contribution in [-0.4, -0.2) is 48.9 Å². The second kappa shape index (κ2) is 9.16. The number of carbonyl (C=O) groups is 2. The lowest BCUT2D eigenvalue weighted by atomic mass is 9.99. The minimum absolute atomic E-state index is 0.120. The standard InChI is InChI=1S/C25H27N3O3/c1-26-25(30)21-15-23(27-22-6-4-3-5-20(21)22)18-13-14-28(16-18)24(29)12-9-17-7-10-19(31-2)11-8-17/h3-8,10-11,15,18H,9,12-14,16H2,1-2H3,(H,26,30)/t18-/m1/s1. The van der Waals surface area contributed by atoms with Gasteiger partial charge in [0.25, 0.3) is 5.91 Å². The van der Waals surface area contributed by atoms with Crippen LogP contribution in [0.3, 0.4) is 0 Å². The lowest BCUT2D eigenvalue weighted by molar-refractivity contribution is -0.130. The molecule has 4 rings (SSSR count). The molecule has 0 radical (unpaired) electrons. The zero-order chi connectivity index (χ0) is 21.8. The van der Waals surface area contributed by atoms with E-state index in [0.29, 0.717) is 24.9 Å². The molecule has 6 nitrogen and oxygen atoms in total. The lowest BCUT2D eigenvalue weighted by Gasteiger charge is -2.17. The molecule has 0 saturated carbocycles. The van der Waals surface area contributed by atoms with E-state index in [9.17, 15) is 9.59 Å². The van der Waals surface area contributed by atoms with Gasteiger partial charge in [0.1, 0.15) is 5.75 Å². The third-order valence-electron chi connectivity index (χ3n) is 5.95. The molecule has 0 bridgehead atoms. The number of carbonyl (C=O) groups excluding carboxylic acids is 2. The molecule has 31 heavy (non-hydrogen) atoms. The van der Waals surface area contributed by atoms with Crippen LogP contribution in [0.15, 0.2) is 54.6 Å². The average molecular weight is 418 g/mol. The third-order valence-corrected chi connectivity index (χ3v) is 5.95. The van der Waals surface area contributed by atoms with E-state index in [4.69, 9.17) is 9.72 Å². The molecule has 3 aromatic rings. The van der Waals surface area contributed by atoms with Gasteiger partial charge < -0.3 is 15.0 Å². The molecule has 2 amide bonds. The monoisotopic (exact) mass is 417 g/mol. The van der Waals surface area contributed by atoms with Gasteiger partial charge in [-0.05, 0) is 42.7 Å². The molecule has 1 N–H and O–H groups in total. The van der Waals surface area contributed by atoms with E-state index in [1.54, 1.807) is 14.2 Å². The second-order valence-corrected chi connectivity index (χ2v) is 7.86. The molecule has 1 aliphatic heterocycles. The molecule has 0 aliphatic carbocycles. The van der Waals surface area contributed by atoms with Crippen molar-refractivity contribution >= 4 is 22.7 Å². The van der Waals surface area contributed by atoms with E-state index < -0.39 is 0 Å². The van der Waals surface area contributed by atoms with Crippen LogP contribution in [0.25, 0.3) is 10.9 Å². The summed E-state index contributed by atoms with van der Waals surface area (Å²) >= 11 is 0. The van der Waals surface area contributed by atoms with Crippen molar-refractivity contribution in [3.8, 4) is 5.75 Å². The number of amides is 2. The molecule has 6 heteroatoms. The number of hydrogen-bond donors (Lipinski definition) is 1. The second-order valence-electron chi connectivity index (χ2n) is 7.86. The van der Waals surface area contributed by atoms with Crippen molar-refractivity contribution in [1.29, 1.82) is 0 Å². The van der Waals surface area contributed by atoms with Crippen molar-refractivity contribution < 1.29 is 14.3 Å². The van der Waals surface area contributed by atoms with E-state index >= 15 is 0 Å². The summed E-state index contributed by atoms with van der Waals surface area (Å²) in [4.78, 5) is 31.9. The van der Waals surface area contributed by atoms with E-state index in [-0.39, 0.29) is 17.7 Å². The molecule has 0 spiro atoms. The van der Waals surface area contributed by atoms with Gasteiger partial charge in [0, 0.05) is 43.6 Å². The number of likely N-dealkylation sites (tertiary alicyclic amines) is 1. The summed E-state index contributed by atoms with van der Waals surface area (Å²) in [7, 11) is 3.28. The molecule has 1 saturated heterocycles. The van der Waals surface area contributed by atoms with Gasteiger partial charge in [-0.3, -0.25) is 14.6 Å². The highest BCUT2D eigenvalue weighted by Gasteiger charge is 2.29. The first kappa shape index (κ1) is 20.8. The van der Waals surface area contributed by atoms with Gasteiger partial charge in [-0.1, -0.05) is 30.3 Å². The first-order chi connectivity index (χ1) is 15.1. The summed E-state index contributed by atoms with van der Waals surface area (Å²) < 4.78 is 5.18. The molecule has 1 aromatic heterocycles. The minimum atomic E-state index is -0.120. The first-order valence-corrected chi connectivity index (χ1v) is 10.6. The van der Waals surface area contributed by atoms with E-state index in [1.807, 2.05) is 59.5 Å². The van der Waals surface area contributed by atoms with Crippen LogP contribution in [0.1, 0.15) is 40.4 Å². The van der Waals surface area contributed by atoms with Crippen molar-refractivity contribution in [2.24, 2.45) is 0 Å². The number of hydrogen-bond acceptors (Lipinski definition) is 4. The van der Waals surface area contributed by atoms with Crippen molar-refractivity contribution in [2.75, 3.05) is 27.2 Å². The Kier molecular flexibility index (Phi) is 6.16. The van der Waals surface area contributed by atoms with Gasteiger partial charge in [0.2, 0.25) is 5.91 Å². The predicted molar refractivity (Wildman–Crippen MR) is 120 cm³/mol. The highest BCUT2D eigenvalue weighted by atomic mass is 16.5. The van der Waals surface area contributed by atoms with Crippen molar-refractivity contribution in [2.45, 2.75) is 25.2 Å². The number of aromatic nitrogens is 1. The molecular weight excluding hydrogens is 390 g/mol. The number of aryl methyl sites for hydroxylation is 1. The molecule has 1 atom stereocenters. The van der Waals surface area contributed by atoms with E-state index in [1.165, 1.54) is 0 Å². The fraction of sp³-hybridized carbons (Fsp3) is 0.320. The Morgan fingerprint density at radius 2 is 1.94 bits per heavy atom. The number of pyridine rings is 1. The highest BCUT2D eigenvalue weighted by Crippen LogP contribution is 2.30. The van der Waals surface area contributed by atoms with Crippen LogP contribution < -0.4 is 10.1 Å². The minimum Gasteiger partial charge on any atom is -0.497 e. The summed E-state index contributed by atoms with van der Waals surface area (Å²) in [6, 6.07) is 17.4. The predicted octanol–water partition coefficient (Wildman–Crippen LogP) is 3.55. The largest absolute Gasteiger partial charge is 0.497 e. The molecule has 1 fully saturated rings. The van der Waals surface area contributed by atoms with Crippen LogP contribution in [0.4, 0.5) is 0 Å². The number of ether oxygens (including phenoxy) is 1. The molecule has 0 unspecified atom stereocenters. The summed E-state index contributed by atoms with van der Waals surface area (Å²) in [6.07, 6.45) is 2.04. The Morgan fingerprint density at radius 3 is 2.68 bits per heavy atom. The molecule has 1 aliphatic rings. The number of nitrogens with zero attached hydrogens (tertiary/aromatic N) is 2. The molecular formula is C25H27N3O3. The van der Waals surface area contributed by atoms with Gasteiger partial charge in [-0.25, -0.2) is 0 Å². The summed E-state index contributed by atoms with van der Waals surface area (Å²) in [6.45, 7) is 1.36. The number of nitrogens with one attached hydrogen (secondary N) is 1. The van der Waals surface area contributed by atoms with Crippen LogP contribution in [-0.2, 0) is 11.2 Å². The quantitative estimate of drug-likeness (QED) is 0.666. The van der Waals surface area contributed by atoms with Crippen LogP contribution in [0.5, 0.6) is 5.75 Å². The maximum atomic E-state index is 12.8. The zero-order valence-electron chi connectivity index (χ0n) is 17.9. The van der Waals surface area contributed by atoms with Gasteiger partial charge >= 0.3 is 0 Å². The Bertz CT molecular complexity index is 1090. The normalized spacial score (nSPS) is 15.8. The number of para-hydroxylation sites is 1. The first-order valence-electron chi connectivity index (χ1n) is 10.6. The number of methoxy groups -OCH3 is 1. The Labute approximate surface area is 182 Å². The number of rotatable bonds is 6. The van der Waals surface area contributed by atoms with Crippen molar-refractivity contribution in [1.82, 2.24) is 15.2 Å². The van der Waals surface area contributed by atoms with Crippen LogP contribution in [0, 0.1) is 0 Å². The van der Waals surface area contributed by atoms with Crippen molar-refractivity contribution in [3.05, 3.63) is 71.4 Å². The number of benzene rings is 2. The fourth-order valence-electron chi connectivity index (χ4n) is 4.16. The SMILES string of the molecule is CNC(=O)c1cc([C@@H]2CCN(C(=O)CCc3ccc(OC)cc3)C2)nc2ccccc12. The van der Waals surface area contributed by atoms with Crippen molar-refractivity contribution in [3.63, 3.8) is 0 Å². The smallest absolute Gasteiger partial charge is 0.251 e. The maximum Gasteiger partial charge on any atom is 0.251 e. The fourth-order valence-corrected chi connectivity index (χ4v) is 4.16. The Balaban J connectivity index is 1.45. The van der Waals surface area contributed by atoms with Gasteiger partial charge in [0.05, 0.1) is 18.2 Å². The summed E-state index contributed by atoms with van der Waals surface area (Å²) in [5.41, 5.74) is 3.44. The van der Waals surface area contributed by atoms with Gasteiger partial charge in [-0.2, -0.15) is 0 Å². The van der Waals surface area contributed by atoms with E-state index in [2.05, 4.69) is 5.32 Å². The van der Waals surface area contributed by atoms with E-state index in [0.717, 1.165) is 40.9 Å². The third kappa shape index (κ3) is 4.53. The highest BCUT2D eigenvalue weighted by molar-refractivity contribution is 6.06. The summed E-state index contributed by atoms with van der Waals surface area (Å²) in [5, 5.41) is 3.56. The Morgan fingerprint density at radius 1 is 1.16 bits per heavy atom. The van der Waals surface area contributed by atoms with Crippen LogP contribution >= 0.6 is 0 Å². The number of fused-ring (bicyclic) bond motifs is 1. The molecule has 2 heterocycles. The molecule has 2 aromatic carbocycles. The maximum absolute atomic E-state index is 12.8. The van der Waals surface area contributed by atoms with Gasteiger partial charge in [-0.15, -0.1) is 0 Å². The topological polar surface area (TPSA) is 71.5 Å². The summed E-state index contributed by atoms with van der Waals surface area (Å²) in [5.74, 6) is 0.991.